The molecule has 0 amide bonds. The van der Waals surface area contributed by atoms with Crippen molar-refractivity contribution in [1.29, 1.82) is 0 Å². The molecule has 0 aliphatic rings. The molecule has 0 aliphatic heterocycles. The number of ether oxygens (including phenoxy) is 1. The Kier molecular flexibility index (Phi) is 9.81. The Balaban J connectivity index is 0.00000312. The SMILES string of the molecule is CN=C(NCCc1ccccc1OC)NCc1nc(C(C)C)cs1.I. The summed E-state index contributed by atoms with van der Waals surface area (Å²) in [7, 11) is 3.48. The number of nitrogens with zero attached hydrogens (tertiary/aromatic N) is 2. The Hall–Kier alpha value is -1.35. The number of benzene rings is 1. The lowest BCUT2D eigenvalue weighted by Gasteiger charge is -2.12. The van der Waals surface area contributed by atoms with Crippen molar-refractivity contribution in [2.75, 3.05) is 20.7 Å². The van der Waals surface area contributed by atoms with Crippen molar-refractivity contribution in [3.63, 3.8) is 0 Å². The summed E-state index contributed by atoms with van der Waals surface area (Å²) in [5.41, 5.74) is 2.33. The molecule has 0 aliphatic carbocycles. The largest absolute Gasteiger partial charge is 0.496 e. The van der Waals surface area contributed by atoms with Crippen LogP contribution in [0, 0.1) is 0 Å². The average molecular weight is 474 g/mol. The van der Waals surface area contributed by atoms with E-state index in [1.165, 1.54) is 5.56 Å². The van der Waals surface area contributed by atoms with Gasteiger partial charge in [0.25, 0.3) is 0 Å². The summed E-state index contributed by atoms with van der Waals surface area (Å²) < 4.78 is 5.38. The molecule has 0 radical (unpaired) electrons. The van der Waals surface area contributed by atoms with E-state index >= 15 is 0 Å². The summed E-state index contributed by atoms with van der Waals surface area (Å²) in [5, 5.41) is 9.84. The topological polar surface area (TPSA) is 58.5 Å². The molecule has 2 rings (SSSR count). The molecule has 1 aromatic carbocycles. The molecule has 5 nitrogen and oxygen atoms in total. The number of aliphatic imine (C=N–C) groups is 1. The van der Waals surface area contributed by atoms with Gasteiger partial charge in [0, 0.05) is 19.0 Å². The highest BCUT2D eigenvalue weighted by molar-refractivity contribution is 14.0. The number of nitrogens with one attached hydrogen (secondary N) is 2. The van der Waals surface area contributed by atoms with E-state index in [-0.39, 0.29) is 24.0 Å². The molecular weight excluding hydrogens is 447 g/mol. The first kappa shape index (κ1) is 21.7. The molecule has 0 spiro atoms. The fourth-order valence-corrected chi connectivity index (χ4v) is 3.17. The molecule has 1 aromatic heterocycles. The summed E-state index contributed by atoms with van der Waals surface area (Å²) in [4.78, 5) is 8.88. The number of thiazole rings is 1. The first-order valence-electron chi connectivity index (χ1n) is 8.14. The smallest absolute Gasteiger partial charge is 0.191 e. The molecule has 0 fully saturated rings. The molecule has 2 aromatic rings. The van der Waals surface area contributed by atoms with Crippen molar-refractivity contribution in [3.8, 4) is 5.75 Å². The van der Waals surface area contributed by atoms with Crippen molar-refractivity contribution in [2.45, 2.75) is 32.7 Å². The quantitative estimate of drug-likeness (QED) is 0.364. The van der Waals surface area contributed by atoms with Gasteiger partial charge < -0.3 is 15.4 Å². The zero-order valence-corrected chi connectivity index (χ0v) is 18.4. The lowest BCUT2D eigenvalue weighted by atomic mass is 10.1. The molecule has 0 saturated heterocycles. The standard InChI is InChI=1S/C18H26N4OS.HI/c1-13(2)15-12-24-17(22-15)11-21-18(19-3)20-10-9-14-7-5-6-8-16(14)23-4;/h5-8,12-13H,9-11H2,1-4H3,(H2,19,20,21);1H. The Bertz CT molecular complexity index is 673. The molecule has 0 unspecified atom stereocenters. The van der Waals surface area contributed by atoms with E-state index in [0.29, 0.717) is 12.5 Å². The van der Waals surface area contributed by atoms with Gasteiger partial charge in [-0.2, -0.15) is 0 Å². The van der Waals surface area contributed by atoms with Crippen LogP contribution in [-0.2, 0) is 13.0 Å². The van der Waals surface area contributed by atoms with Crippen LogP contribution in [0.25, 0.3) is 0 Å². The Morgan fingerprint density at radius 2 is 2.04 bits per heavy atom. The number of halogens is 1. The molecular formula is C18H27IN4OS. The van der Waals surface area contributed by atoms with Crippen LogP contribution in [-0.4, -0.2) is 31.6 Å². The van der Waals surface area contributed by atoms with Gasteiger partial charge in [-0.3, -0.25) is 4.99 Å². The van der Waals surface area contributed by atoms with Crippen molar-refractivity contribution in [1.82, 2.24) is 15.6 Å². The second-order valence-corrected chi connectivity index (χ2v) is 6.68. The van der Waals surface area contributed by atoms with E-state index in [0.717, 1.165) is 35.4 Å². The van der Waals surface area contributed by atoms with E-state index in [9.17, 15) is 0 Å². The van der Waals surface area contributed by atoms with Crippen LogP contribution in [0.1, 0.15) is 36.0 Å². The second-order valence-electron chi connectivity index (χ2n) is 5.74. The third-order valence-electron chi connectivity index (χ3n) is 3.67. The van der Waals surface area contributed by atoms with Crippen LogP contribution in [0.4, 0.5) is 0 Å². The number of aromatic nitrogens is 1. The minimum Gasteiger partial charge on any atom is -0.496 e. The fraction of sp³-hybridized carbons (Fsp3) is 0.444. The minimum atomic E-state index is 0. The van der Waals surface area contributed by atoms with Crippen LogP contribution < -0.4 is 15.4 Å². The number of hydrogen-bond donors (Lipinski definition) is 2. The second kappa shape index (κ2) is 11.3. The van der Waals surface area contributed by atoms with Crippen LogP contribution in [0.5, 0.6) is 5.75 Å². The van der Waals surface area contributed by atoms with E-state index in [1.54, 1.807) is 25.5 Å². The van der Waals surface area contributed by atoms with Crippen molar-refractivity contribution >= 4 is 41.3 Å². The lowest BCUT2D eigenvalue weighted by molar-refractivity contribution is 0.409. The van der Waals surface area contributed by atoms with Gasteiger partial charge >= 0.3 is 0 Å². The maximum Gasteiger partial charge on any atom is 0.191 e. The molecule has 0 saturated carbocycles. The van der Waals surface area contributed by atoms with Crippen LogP contribution in [0.15, 0.2) is 34.6 Å². The van der Waals surface area contributed by atoms with Gasteiger partial charge in [0.2, 0.25) is 0 Å². The summed E-state index contributed by atoms with van der Waals surface area (Å²) in [6, 6.07) is 8.08. The van der Waals surface area contributed by atoms with E-state index in [1.807, 2.05) is 18.2 Å². The van der Waals surface area contributed by atoms with E-state index in [2.05, 4.69) is 45.9 Å². The Labute approximate surface area is 171 Å². The van der Waals surface area contributed by atoms with Crippen LogP contribution >= 0.6 is 35.3 Å². The van der Waals surface area contributed by atoms with E-state index in [4.69, 9.17) is 4.74 Å². The minimum absolute atomic E-state index is 0. The van der Waals surface area contributed by atoms with Crippen molar-refractivity contribution in [2.24, 2.45) is 4.99 Å². The highest BCUT2D eigenvalue weighted by Gasteiger charge is 2.07. The lowest BCUT2D eigenvalue weighted by Crippen LogP contribution is -2.37. The molecule has 0 bridgehead atoms. The van der Waals surface area contributed by atoms with Gasteiger partial charge in [-0.1, -0.05) is 32.0 Å². The average Bonchev–Trinajstić information content (AvgIpc) is 3.07. The molecule has 7 heteroatoms. The van der Waals surface area contributed by atoms with Gasteiger partial charge in [0.1, 0.15) is 10.8 Å². The van der Waals surface area contributed by atoms with Gasteiger partial charge in [0.05, 0.1) is 19.3 Å². The number of hydrogen-bond acceptors (Lipinski definition) is 4. The summed E-state index contributed by atoms with van der Waals surface area (Å²) >= 11 is 1.68. The number of methoxy groups -OCH3 is 1. The van der Waals surface area contributed by atoms with Crippen LogP contribution in [0.2, 0.25) is 0 Å². The van der Waals surface area contributed by atoms with Gasteiger partial charge in [-0.25, -0.2) is 4.98 Å². The molecule has 138 valence electrons. The molecule has 2 N–H and O–H groups in total. The Morgan fingerprint density at radius 1 is 1.28 bits per heavy atom. The normalized spacial score (nSPS) is 11.2. The van der Waals surface area contributed by atoms with Crippen LogP contribution in [0.3, 0.4) is 0 Å². The van der Waals surface area contributed by atoms with Gasteiger partial charge in [0.15, 0.2) is 5.96 Å². The summed E-state index contributed by atoms with van der Waals surface area (Å²) in [6.45, 7) is 5.79. The summed E-state index contributed by atoms with van der Waals surface area (Å²) in [6.07, 6.45) is 0.874. The highest BCUT2D eigenvalue weighted by Crippen LogP contribution is 2.18. The Morgan fingerprint density at radius 3 is 2.68 bits per heavy atom. The van der Waals surface area contributed by atoms with Crippen molar-refractivity contribution < 1.29 is 4.74 Å². The first-order chi connectivity index (χ1) is 11.6. The molecule has 0 atom stereocenters. The van der Waals surface area contributed by atoms with Gasteiger partial charge in [-0.05, 0) is 24.0 Å². The predicted molar refractivity (Wildman–Crippen MR) is 117 cm³/mol. The maximum atomic E-state index is 5.38. The molecule has 25 heavy (non-hydrogen) atoms. The highest BCUT2D eigenvalue weighted by atomic mass is 127. The third kappa shape index (κ3) is 6.81. The third-order valence-corrected chi connectivity index (χ3v) is 4.54. The predicted octanol–water partition coefficient (Wildman–Crippen LogP) is 3.80. The first-order valence-corrected chi connectivity index (χ1v) is 9.02. The van der Waals surface area contributed by atoms with E-state index < -0.39 is 0 Å². The number of guanidine groups is 1. The van der Waals surface area contributed by atoms with Crippen molar-refractivity contribution in [3.05, 3.63) is 45.9 Å². The number of rotatable bonds is 7. The maximum absolute atomic E-state index is 5.38. The number of para-hydroxylation sites is 1. The molecule has 1 heterocycles. The zero-order chi connectivity index (χ0) is 17.4. The van der Waals surface area contributed by atoms with Gasteiger partial charge in [-0.15, -0.1) is 35.3 Å². The summed E-state index contributed by atoms with van der Waals surface area (Å²) in [5.74, 6) is 2.17. The monoisotopic (exact) mass is 474 g/mol. The zero-order valence-electron chi connectivity index (χ0n) is 15.2. The fourth-order valence-electron chi connectivity index (χ4n) is 2.28.